The minimum absolute atomic E-state index is 0.0372. The van der Waals surface area contributed by atoms with Gasteiger partial charge in [0.15, 0.2) is 0 Å². The van der Waals surface area contributed by atoms with Crippen LogP contribution in [0.4, 0.5) is 26.3 Å². The van der Waals surface area contributed by atoms with E-state index in [1.54, 1.807) is 0 Å². The smallest absolute Gasteiger partial charge is 0.406 e. The molecule has 0 unspecified atom stereocenters. The van der Waals surface area contributed by atoms with Crippen LogP contribution in [0.1, 0.15) is 22.3 Å². The van der Waals surface area contributed by atoms with Gasteiger partial charge in [0.2, 0.25) is 0 Å². The van der Waals surface area contributed by atoms with Crippen molar-refractivity contribution in [3.63, 3.8) is 0 Å². The van der Waals surface area contributed by atoms with E-state index in [-0.39, 0.29) is 55.7 Å². The van der Waals surface area contributed by atoms with Gasteiger partial charge >= 0.3 is 12.7 Å². The lowest BCUT2D eigenvalue weighted by Gasteiger charge is -2.12. The topological polar surface area (TPSA) is 114 Å². The van der Waals surface area contributed by atoms with Gasteiger partial charge < -0.3 is 9.47 Å². The largest absolute Gasteiger partial charge is 0.573 e. The summed E-state index contributed by atoms with van der Waals surface area (Å²) in [4.78, 5) is 0. The van der Waals surface area contributed by atoms with Crippen LogP contribution in [-0.4, -0.2) is 12.7 Å². The molecule has 4 aromatic rings. The first-order valence-corrected chi connectivity index (χ1v) is 12.3. The Morgan fingerprint density at radius 1 is 0.523 bits per heavy atom. The average molecular weight is 598 g/mol. The summed E-state index contributed by atoms with van der Waals surface area (Å²) in [6, 6.07) is 23.3. The number of nitrogens with zero attached hydrogens (tertiary/aromatic N) is 4. The number of hydrogen-bond donors (Lipinski definition) is 0. The quantitative estimate of drug-likeness (QED) is 0.152. The third-order valence-electron chi connectivity index (χ3n) is 6.62. The van der Waals surface area contributed by atoms with Crippen molar-refractivity contribution in [1.29, 1.82) is 21.0 Å². The first kappa shape index (κ1) is 29.3. The Morgan fingerprint density at radius 2 is 0.932 bits per heavy atom. The lowest BCUT2D eigenvalue weighted by Crippen LogP contribution is -2.17. The number of allylic oxidation sites excluding steroid dienone is 1. The van der Waals surface area contributed by atoms with Gasteiger partial charge in [-0.15, -0.1) is 26.3 Å². The number of ether oxygens (including phenoxy) is 2. The second kappa shape index (κ2) is 10.9. The standard InChI is InChI=1S/C32H12F6N4O2/c33-31(34,35)43-22-5-1-3-17(7-22)24-11-28-26(9-19(24)13-39)27-10-20(14-40)25(12-29(27)30(28)21(15-41)16-42)18-4-2-6-23(8-18)44-32(36,37)38/h1-12H. The highest BCUT2D eigenvalue weighted by Gasteiger charge is 2.33. The van der Waals surface area contributed by atoms with E-state index in [1.165, 1.54) is 48.5 Å². The average Bonchev–Trinajstić information content (AvgIpc) is 3.27. The zero-order chi connectivity index (χ0) is 31.8. The molecule has 1 aliphatic rings. The molecule has 0 bridgehead atoms. The minimum Gasteiger partial charge on any atom is -0.406 e. The molecule has 0 spiro atoms. The molecule has 6 nitrogen and oxygen atoms in total. The molecule has 214 valence electrons. The fourth-order valence-electron chi connectivity index (χ4n) is 4.99. The van der Waals surface area contributed by atoms with Crippen LogP contribution >= 0.6 is 0 Å². The highest BCUT2D eigenvalue weighted by Crippen LogP contribution is 2.50. The molecule has 0 saturated heterocycles. The number of halogens is 6. The lowest BCUT2D eigenvalue weighted by molar-refractivity contribution is -0.275. The van der Waals surface area contributed by atoms with E-state index in [9.17, 15) is 47.4 Å². The van der Waals surface area contributed by atoms with E-state index in [2.05, 4.69) is 9.47 Å². The van der Waals surface area contributed by atoms with Gasteiger partial charge in [-0.25, -0.2) is 0 Å². The van der Waals surface area contributed by atoms with Gasteiger partial charge in [-0.05, 0) is 81.9 Å². The molecule has 1 aliphatic carbocycles. The SMILES string of the molecule is N#CC(C#N)=C1c2cc(-c3cccc(OC(F)(F)F)c3)c(C#N)cc2-c2cc(C#N)c(-c3cccc(OC(F)(F)F)c3)cc21. The van der Waals surface area contributed by atoms with Crippen molar-refractivity contribution >= 4 is 5.57 Å². The van der Waals surface area contributed by atoms with Gasteiger partial charge in [0, 0.05) is 16.7 Å². The van der Waals surface area contributed by atoms with Crippen molar-refractivity contribution in [2.75, 3.05) is 0 Å². The molecule has 0 amide bonds. The molecule has 0 aromatic heterocycles. The van der Waals surface area contributed by atoms with Gasteiger partial charge in [-0.3, -0.25) is 0 Å². The van der Waals surface area contributed by atoms with E-state index in [1.807, 2.05) is 24.3 Å². The third kappa shape index (κ3) is 5.61. The highest BCUT2D eigenvalue weighted by atomic mass is 19.4. The number of rotatable bonds is 4. The maximum atomic E-state index is 12.9. The van der Waals surface area contributed by atoms with Crippen LogP contribution in [0.2, 0.25) is 0 Å². The summed E-state index contributed by atoms with van der Waals surface area (Å²) in [5, 5.41) is 39.6. The Labute approximate surface area is 245 Å². The number of hydrogen-bond acceptors (Lipinski definition) is 6. The first-order chi connectivity index (χ1) is 20.9. The Hall–Kier alpha value is -6.24. The predicted molar refractivity (Wildman–Crippen MR) is 143 cm³/mol. The maximum absolute atomic E-state index is 12.9. The number of alkyl halides is 6. The van der Waals surface area contributed by atoms with Crippen molar-refractivity contribution in [2.24, 2.45) is 0 Å². The van der Waals surface area contributed by atoms with Crippen LogP contribution in [0.5, 0.6) is 11.5 Å². The Bertz CT molecular complexity index is 1910. The van der Waals surface area contributed by atoms with Gasteiger partial charge in [0.05, 0.1) is 23.3 Å². The molecule has 0 radical (unpaired) electrons. The monoisotopic (exact) mass is 598 g/mol. The lowest BCUT2D eigenvalue weighted by atomic mass is 9.92. The molecule has 0 N–H and O–H groups in total. The third-order valence-corrected chi connectivity index (χ3v) is 6.62. The summed E-state index contributed by atoms with van der Waals surface area (Å²) < 4.78 is 85.2. The number of nitriles is 4. The van der Waals surface area contributed by atoms with Crippen LogP contribution in [0.3, 0.4) is 0 Å². The molecular formula is C32H12F6N4O2. The summed E-state index contributed by atoms with van der Waals surface area (Å²) >= 11 is 0. The molecule has 4 aromatic carbocycles. The van der Waals surface area contributed by atoms with Gasteiger partial charge in [-0.1, -0.05) is 24.3 Å². The Balaban J connectivity index is 1.75. The fourth-order valence-corrected chi connectivity index (χ4v) is 4.99. The molecule has 44 heavy (non-hydrogen) atoms. The zero-order valence-corrected chi connectivity index (χ0v) is 21.8. The van der Waals surface area contributed by atoms with Crippen LogP contribution in [-0.2, 0) is 0 Å². The van der Waals surface area contributed by atoms with E-state index in [0.717, 1.165) is 24.3 Å². The molecule has 0 saturated carbocycles. The summed E-state index contributed by atoms with van der Waals surface area (Å²) in [7, 11) is 0. The second-order valence-electron chi connectivity index (χ2n) is 9.24. The summed E-state index contributed by atoms with van der Waals surface area (Å²) in [5.74, 6) is -1.07. The van der Waals surface area contributed by atoms with E-state index in [0.29, 0.717) is 11.1 Å². The van der Waals surface area contributed by atoms with Crippen molar-refractivity contribution in [1.82, 2.24) is 0 Å². The van der Waals surface area contributed by atoms with E-state index in [4.69, 9.17) is 0 Å². The maximum Gasteiger partial charge on any atom is 0.573 e. The number of fused-ring (bicyclic) bond motifs is 3. The number of benzene rings is 4. The van der Waals surface area contributed by atoms with Gasteiger partial charge in [-0.2, -0.15) is 21.0 Å². The van der Waals surface area contributed by atoms with Crippen LogP contribution < -0.4 is 9.47 Å². The van der Waals surface area contributed by atoms with Gasteiger partial charge in [0.1, 0.15) is 29.2 Å². The Kier molecular flexibility index (Phi) is 7.23. The molecular weight excluding hydrogens is 586 g/mol. The first-order valence-electron chi connectivity index (χ1n) is 12.3. The minimum atomic E-state index is -4.96. The van der Waals surface area contributed by atoms with Gasteiger partial charge in [0.25, 0.3) is 0 Å². The van der Waals surface area contributed by atoms with Crippen LogP contribution in [0.25, 0.3) is 39.0 Å². The molecule has 5 rings (SSSR count). The summed E-state index contributed by atoms with van der Waals surface area (Å²) in [6.07, 6.45) is -9.93. The molecule has 0 fully saturated rings. The molecule has 0 heterocycles. The second-order valence-corrected chi connectivity index (χ2v) is 9.24. The summed E-state index contributed by atoms with van der Waals surface area (Å²) in [5.41, 5.74) is 1.83. The van der Waals surface area contributed by atoms with Crippen molar-refractivity contribution in [3.05, 3.63) is 101 Å². The van der Waals surface area contributed by atoms with E-state index >= 15 is 0 Å². The fraction of sp³-hybridized carbons (Fsp3) is 0.0625. The van der Waals surface area contributed by atoms with Crippen molar-refractivity contribution in [3.8, 4) is 69.2 Å². The van der Waals surface area contributed by atoms with E-state index < -0.39 is 24.2 Å². The highest BCUT2D eigenvalue weighted by molar-refractivity contribution is 6.07. The molecule has 0 aliphatic heterocycles. The predicted octanol–water partition coefficient (Wildman–Crippen LogP) is 8.39. The van der Waals surface area contributed by atoms with Crippen molar-refractivity contribution in [2.45, 2.75) is 12.7 Å². The Morgan fingerprint density at radius 3 is 1.27 bits per heavy atom. The van der Waals surface area contributed by atoms with Crippen LogP contribution in [0.15, 0.2) is 78.4 Å². The zero-order valence-electron chi connectivity index (χ0n) is 21.8. The summed E-state index contributed by atoms with van der Waals surface area (Å²) in [6.45, 7) is 0. The molecule has 0 atom stereocenters. The van der Waals surface area contributed by atoms with Crippen molar-refractivity contribution < 1.29 is 35.8 Å². The molecule has 12 heteroatoms. The normalized spacial score (nSPS) is 11.7. The van der Waals surface area contributed by atoms with Crippen LogP contribution in [0, 0.1) is 45.3 Å².